The van der Waals surface area contributed by atoms with Gasteiger partial charge in [-0.1, -0.05) is 6.07 Å². The molecule has 0 spiro atoms. The molecule has 0 N–H and O–H groups in total. The third-order valence-electron chi connectivity index (χ3n) is 3.68. The molecular formula is C17H21BrN2O3. The second-order valence-corrected chi connectivity index (χ2v) is 6.08. The summed E-state index contributed by atoms with van der Waals surface area (Å²) in [5.41, 5.74) is 1.64. The lowest BCUT2D eigenvalue weighted by Crippen LogP contribution is -2.31. The lowest BCUT2D eigenvalue weighted by Gasteiger charge is -2.22. The fourth-order valence-corrected chi connectivity index (χ4v) is 2.95. The van der Waals surface area contributed by atoms with E-state index < -0.39 is 0 Å². The molecule has 1 heterocycles. The lowest BCUT2D eigenvalue weighted by atomic mass is 10.1. The van der Waals surface area contributed by atoms with Gasteiger partial charge < -0.3 is 18.9 Å². The molecule has 23 heavy (non-hydrogen) atoms. The van der Waals surface area contributed by atoms with Gasteiger partial charge in [0, 0.05) is 30.8 Å². The minimum atomic E-state index is -0.00418. The molecule has 0 atom stereocenters. The highest BCUT2D eigenvalue weighted by atomic mass is 79.9. The van der Waals surface area contributed by atoms with Gasteiger partial charge in [0.25, 0.3) is 5.91 Å². The highest BCUT2D eigenvalue weighted by Gasteiger charge is 2.18. The van der Waals surface area contributed by atoms with Gasteiger partial charge in [-0.25, -0.2) is 0 Å². The van der Waals surface area contributed by atoms with E-state index in [1.54, 1.807) is 19.1 Å². The van der Waals surface area contributed by atoms with Gasteiger partial charge in [0.1, 0.15) is 5.69 Å². The van der Waals surface area contributed by atoms with Crippen molar-refractivity contribution in [3.63, 3.8) is 0 Å². The maximum atomic E-state index is 12.7. The second-order valence-electron chi connectivity index (χ2n) is 5.16. The Morgan fingerprint density at radius 1 is 1.22 bits per heavy atom. The molecule has 0 aliphatic rings. The van der Waals surface area contributed by atoms with Crippen LogP contribution in [0, 0.1) is 0 Å². The highest BCUT2D eigenvalue weighted by molar-refractivity contribution is 9.10. The molecule has 2 aromatic rings. The Balaban J connectivity index is 2.22. The number of hydrogen-bond acceptors (Lipinski definition) is 3. The molecule has 6 heteroatoms. The van der Waals surface area contributed by atoms with Crippen molar-refractivity contribution in [3.8, 4) is 11.5 Å². The van der Waals surface area contributed by atoms with Crippen LogP contribution in [0.3, 0.4) is 0 Å². The first-order chi connectivity index (χ1) is 11.0. The third-order valence-corrected chi connectivity index (χ3v) is 4.11. The van der Waals surface area contributed by atoms with Crippen LogP contribution < -0.4 is 9.47 Å². The van der Waals surface area contributed by atoms with Crippen molar-refractivity contribution in [2.75, 3.05) is 20.8 Å². The fraction of sp³-hybridized carbons (Fsp3) is 0.353. The number of halogens is 1. The molecule has 124 valence electrons. The summed E-state index contributed by atoms with van der Waals surface area (Å²) in [7, 11) is 5.07. The molecule has 1 aromatic heterocycles. The number of rotatable bonds is 6. The minimum Gasteiger partial charge on any atom is -0.493 e. The summed E-state index contributed by atoms with van der Waals surface area (Å²) < 4.78 is 13.3. The molecule has 0 saturated heterocycles. The predicted octanol–water partition coefficient (Wildman–Crippen LogP) is 3.47. The minimum absolute atomic E-state index is 0.00418. The highest BCUT2D eigenvalue weighted by Crippen LogP contribution is 2.28. The quantitative estimate of drug-likeness (QED) is 0.770. The van der Waals surface area contributed by atoms with Gasteiger partial charge >= 0.3 is 0 Å². The van der Waals surface area contributed by atoms with E-state index in [9.17, 15) is 4.79 Å². The van der Waals surface area contributed by atoms with E-state index in [4.69, 9.17) is 9.47 Å². The average Bonchev–Trinajstić information content (AvgIpc) is 2.90. The Hall–Kier alpha value is -1.95. The maximum Gasteiger partial charge on any atom is 0.270 e. The van der Waals surface area contributed by atoms with Crippen LogP contribution >= 0.6 is 15.9 Å². The number of aryl methyl sites for hydroxylation is 1. The molecule has 0 fully saturated rings. The molecule has 0 aliphatic heterocycles. The first kappa shape index (κ1) is 17.4. The van der Waals surface area contributed by atoms with Crippen molar-refractivity contribution in [3.05, 3.63) is 46.2 Å². The normalized spacial score (nSPS) is 10.5. The van der Waals surface area contributed by atoms with E-state index in [1.165, 1.54) is 0 Å². The van der Waals surface area contributed by atoms with Gasteiger partial charge in [-0.05, 0) is 46.6 Å². The van der Waals surface area contributed by atoms with Gasteiger partial charge in [0.15, 0.2) is 11.5 Å². The van der Waals surface area contributed by atoms with Gasteiger partial charge in [-0.3, -0.25) is 4.79 Å². The Morgan fingerprint density at radius 3 is 2.43 bits per heavy atom. The summed E-state index contributed by atoms with van der Waals surface area (Å²) in [6, 6.07) is 7.53. The van der Waals surface area contributed by atoms with E-state index in [0.29, 0.717) is 30.3 Å². The molecule has 0 radical (unpaired) electrons. The van der Waals surface area contributed by atoms with E-state index in [2.05, 4.69) is 15.9 Å². The van der Waals surface area contributed by atoms with E-state index in [0.717, 1.165) is 10.0 Å². The number of ether oxygens (including phenoxy) is 2. The fourth-order valence-electron chi connectivity index (χ4n) is 2.43. The van der Waals surface area contributed by atoms with E-state index in [-0.39, 0.29) is 5.91 Å². The number of aromatic nitrogens is 1. The zero-order valence-corrected chi connectivity index (χ0v) is 15.4. The Bertz CT molecular complexity index is 697. The molecule has 5 nitrogen and oxygen atoms in total. The monoisotopic (exact) mass is 380 g/mol. The number of benzene rings is 1. The molecule has 1 aromatic carbocycles. The van der Waals surface area contributed by atoms with Crippen LogP contribution in [0.1, 0.15) is 23.0 Å². The van der Waals surface area contributed by atoms with Crippen LogP contribution in [0.25, 0.3) is 0 Å². The number of methoxy groups -OCH3 is 2. The average molecular weight is 381 g/mol. The van der Waals surface area contributed by atoms with Crippen molar-refractivity contribution in [2.45, 2.75) is 13.5 Å². The van der Waals surface area contributed by atoms with Crippen molar-refractivity contribution >= 4 is 21.8 Å². The Labute approximate surface area is 144 Å². The Morgan fingerprint density at radius 2 is 1.91 bits per heavy atom. The van der Waals surface area contributed by atoms with Crippen LogP contribution in [-0.2, 0) is 13.6 Å². The molecule has 2 rings (SSSR count). The van der Waals surface area contributed by atoms with E-state index >= 15 is 0 Å². The van der Waals surface area contributed by atoms with Gasteiger partial charge in [0.2, 0.25) is 0 Å². The first-order valence-electron chi connectivity index (χ1n) is 7.32. The zero-order chi connectivity index (χ0) is 17.0. The summed E-state index contributed by atoms with van der Waals surface area (Å²) in [6.45, 7) is 3.10. The Kier molecular flexibility index (Phi) is 5.71. The predicted molar refractivity (Wildman–Crippen MR) is 93.1 cm³/mol. The number of hydrogen-bond donors (Lipinski definition) is 0. The number of carbonyl (C=O) groups is 1. The van der Waals surface area contributed by atoms with E-state index in [1.807, 2.05) is 49.0 Å². The van der Waals surface area contributed by atoms with Crippen molar-refractivity contribution in [1.29, 1.82) is 0 Å². The third kappa shape index (κ3) is 3.88. The lowest BCUT2D eigenvalue weighted by molar-refractivity contribution is 0.0743. The van der Waals surface area contributed by atoms with Gasteiger partial charge in [-0.15, -0.1) is 0 Å². The first-order valence-corrected chi connectivity index (χ1v) is 8.11. The zero-order valence-electron chi connectivity index (χ0n) is 13.8. The summed E-state index contributed by atoms with van der Waals surface area (Å²) in [5.74, 6) is 1.34. The molecule has 0 bridgehead atoms. The summed E-state index contributed by atoms with van der Waals surface area (Å²) in [6.07, 6.45) is 1.87. The molecule has 0 saturated carbocycles. The second kappa shape index (κ2) is 7.55. The summed E-state index contributed by atoms with van der Waals surface area (Å²) in [4.78, 5) is 14.5. The summed E-state index contributed by atoms with van der Waals surface area (Å²) in [5, 5.41) is 0. The van der Waals surface area contributed by atoms with Crippen molar-refractivity contribution in [1.82, 2.24) is 9.47 Å². The molecule has 0 aliphatic carbocycles. The van der Waals surface area contributed by atoms with Crippen LogP contribution in [0.4, 0.5) is 0 Å². The van der Waals surface area contributed by atoms with Crippen molar-refractivity contribution < 1.29 is 14.3 Å². The van der Waals surface area contributed by atoms with Crippen LogP contribution in [0.5, 0.6) is 11.5 Å². The molecular weight excluding hydrogens is 360 g/mol. The summed E-state index contributed by atoms with van der Waals surface area (Å²) >= 11 is 3.40. The van der Waals surface area contributed by atoms with Crippen molar-refractivity contribution in [2.24, 2.45) is 7.05 Å². The maximum absolute atomic E-state index is 12.7. The SMILES string of the molecule is CCN(Cc1ccc(OC)c(OC)c1)C(=O)c1cc(Br)cn1C. The van der Waals surface area contributed by atoms with Gasteiger partial charge in [-0.2, -0.15) is 0 Å². The number of amides is 1. The smallest absolute Gasteiger partial charge is 0.270 e. The number of carbonyl (C=O) groups excluding carboxylic acids is 1. The topological polar surface area (TPSA) is 43.7 Å². The van der Waals surface area contributed by atoms with Crippen LogP contribution in [-0.4, -0.2) is 36.1 Å². The largest absolute Gasteiger partial charge is 0.493 e. The standard InChI is InChI=1S/C17H21BrN2O3/c1-5-20(17(21)14-9-13(18)11-19(14)2)10-12-6-7-15(22-3)16(8-12)23-4/h6-9,11H,5,10H2,1-4H3. The molecule has 1 amide bonds. The van der Waals surface area contributed by atoms with Crippen LogP contribution in [0.2, 0.25) is 0 Å². The van der Waals surface area contributed by atoms with Crippen LogP contribution in [0.15, 0.2) is 34.9 Å². The number of nitrogens with zero attached hydrogens (tertiary/aromatic N) is 2. The van der Waals surface area contributed by atoms with Gasteiger partial charge in [0.05, 0.1) is 14.2 Å². The molecule has 0 unspecified atom stereocenters.